The first-order chi connectivity index (χ1) is 20.6. The van der Waals surface area contributed by atoms with E-state index in [9.17, 15) is 9.59 Å². The van der Waals surface area contributed by atoms with Crippen LogP contribution in [0, 0.1) is 0 Å². The SMILES string of the molecule is CC/C=C\C/C=C\C/C=C\C/C=C\C/C=C\CCCCCCCC(=O)OC(CCCCC)CCCCCCCC(=O)O. The normalized spacial score (nSPS) is 13.0. The Balaban J connectivity index is 3.79. The molecule has 0 saturated heterocycles. The summed E-state index contributed by atoms with van der Waals surface area (Å²) in [4.78, 5) is 23.0. The van der Waals surface area contributed by atoms with Crippen LogP contribution in [0.25, 0.3) is 0 Å². The summed E-state index contributed by atoms with van der Waals surface area (Å²) in [7, 11) is 0. The Bertz CT molecular complexity index is 759. The second-order valence-electron chi connectivity index (χ2n) is 11.3. The van der Waals surface area contributed by atoms with Crippen molar-refractivity contribution in [1.82, 2.24) is 0 Å². The Morgan fingerprint density at radius 3 is 1.55 bits per heavy atom. The van der Waals surface area contributed by atoms with Gasteiger partial charge in [0.15, 0.2) is 0 Å². The van der Waals surface area contributed by atoms with Crippen LogP contribution in [0.1, 0.15) is 162 Å². The number of carbonyl (C=O) groups excluding carboxylic acids is 1. The summed E-state index contributed by atoms with van der Waals surface area (Å²) in [6.07, 6.45) is 45.4. The molecule has 240 valence electrons. The third-order valence-corrected chi connectivity index (χ3v) is 7.25. The quantitative estimate of drug-likeness (QED) is 0.0518. The molecule has 0 heterocycles. The molecule has 0 aromatic carbocycles. The lowest BCUT2D eigenvalue weighted by Crippen LogP contribution is -2.18. The van der Waals surface area contributed by atoms with Crippen LogP contribution in [0.4, 0.5) is 0 Å². The number of carboxylic acid groups (broad SMARTS) is 1. The van der Waals surface area contributed by atoms with Gasteiger partial charge in [-0.2, -0.15) is 0 Å². The third kappa shape index (κ3) is 32.2. The molecular weight excluding hydrogens is 520 g/mol. The van der Waals surface area contributed by atoms with Crippen molar-refractivity contribution in [1.29, 1.82) is 0 Å². The number of esters is 1. The fourth-order valence-electron chi connectivity index (χ4n) is 4.74. The largest absolute Gasteiger partial charge is 0.481 e. The molecule has 42 heavy (non-hydrogen) atoms. The summed E-state index contributed by atoms with van der Waals surface area (Å²) in [5, 5.41) is 8.73. The standard InChI is InChI=1S/C38H64O4/c1-3-5-7-8-9-10-11-12-13-14-15-16-17-18-19-20-21-22-23-27-31-35-38(41)42-36(32-28-6-4-2)33-29-25-24-26-30-34-37(39)40/h5,7,9-10,12-13,15-16,18-19,36H,3-4,6,8,11,14,17,20-35H2,1-2H3,(H,39,40)/b7-5-,10-9-,13-12-,16-15-,19-18-. The predicted octanol–water partition coefficient (Wildman–Crippen LogP) is 11.8. The van der Waals surface area contributed by atoms with E-state index in [1.165, 1.54) is 32.1 Å². The van der Waals surface area contributed by atoms with Crippen LogP contribution in [0.2, 0.25) is 0 Å². The molecule has 0 amide bonds. The van der Waals surface area contributed by atoms with Crippen LogP contribution in [0.3, 0.4) is 0 Å². The van der Waals surface area contributed by atoms with E-state index in [-0.39, 0.29) is 18.5 Å². The van der Waals surface area contributed by atoms with Gasteiger partial charge in [-0.3, -0.25) is 9.59 Å². The maximum atomic E-state index is 12.4. The van der Waals surface area contributed by atoms with Crippen LogP contribution in [0.15, 0.2) is 60.8 Å². The van der Waals surface area contributed by atoms with Gasteiger partial charge in [0.25, 0.3) is 0 Å². The van der Waals surface area contributed by atoms with E-state index in [0.717, 1.165) is 103 Å². The average Bonchev–Trinajstić information content (AvgIpc) is 2.97. The minimum absolute atomic E-state index is 0.0308. The number of rotatable bonds is 30. The van der Waals surface area contributed by atoms with Crippen LogP contribution in [-0.2, 0) is 14.3 Å². The minimum atomic E-state index is -0.709. The Morgan fingerprint density at radius 1 is 0.548 bits per heavy atom. The van der Waals surface area contributed by atoms with E-state index < -0.39 is 5.97 Å². The van der Waals surface area contributed by atoms with Gasteiger partial charge in [0.05, 0.1) is 0 Å². The lowest BCUT2D eigenvalue weighted by atomic mass is 10.0. The van der Waals surface area contributed by atoms with Gasteiger partial charge >= 0.3 is 11.9 Å². The van der Waals surface area contributed by atoms with Crippen molar-refractivity contribution in [3.8, 4) is 0 Å². The van der Waals surface area contributed by atoms with Gasteiger partial charge in [-0.25, -0.2) is 0 Å². The fraction of sp³-hybridized carbons (Fsp3) is 0.684. The first-order valence-corrected chi connectivity index (χ1v) is 17.3. The zero-order chi connectivity index (χ0) is 30.8. The van der Waals surface area contributed by atoms with E-state index in [1.807, 2.05) is 0 Å². The molecule has 1 N–H and O–H groups in total. The number of carbonyl (C=O) groups is 2. The lowest BCUT2D eigenvalue weighted by molar-refractivity contribution is -0.150. The molecule has 1 unspecified atom stereocenters. The molecule has 1 atom stereocenters. The maximum absolute atomic E-state index is 12.4. The molecule has 0 radical (unpaired) electrons. The average molecular weight is 585 g/mol. The highest BCUT2D eigenvalue weighted by atomic mass is 16.5. The molecule has 0 fully saturated rings. The Labute approximate surface area is 259 Å². The number of ether oxygens (including phenoxy) is 1. The molecule has 0 aromatic rings. The van der Waals surface area contributed by atoms with Gasteiger partial charge in [-0.05, 0) is 83.5 Å². The number of hydrogen-bond donors (Lipinski definition) is 1. The Morgan fingerprint density at radius 2 is 1.00 bits per heavy atom. The monoisotopic (exact) mass is 584 g/mol. The number of unbranched alkanes of at least 4 members (excludes halogenated alkanes) is 11. The summed E-state index contributed by atoms with van der Waals surface area (Å²) in [5.74, 6) is -0.740. The van der Waals surface area contributed by atoms with Gasteiger partial charge in [-0.1, -0.05) is 126 Å². The van der Waals surface area contributed by atoms with Crippen molar-refractivity contribution in [3.63, 3.8) is 0 Å². The molecule has 0 saturated carbocycles. The molecule has 0 aliphatic carbocycles. The van der Waals surface area contributed by atoms with Gasteiger partial charge in [0.1, 0.15) is 6.10 Å². The van der Waals surface area contributed by atoms with E-state index >= 15 is 0 Å². The van der Waals surface area contributed by atoms with E-state index in [0.29, 0.717) is 6.42 Å². The summed E-state index contributed by atoms with van der Waals surface area (Å²) in [5.41, 5.74) is 0. The highest BCUT2D eigenvalue weighted by molar-refractivity contribution is 5.69. The van der Waals surface area contributed by atoms with Crippen LogP contribution >= 0.6 is 0 Å². The number of hydrogen-bond acceptors (Lipinski definition) is 3. The van der Waals surface area contributed by atoms with E-state index in [1.54, 1.807) is 0 Å². The first-order valence-electron chi connectivity index (χ1n) is 17.3. The number of aliphatic carboxylic acids is 1. The van der Waals surface area contributed by atoms with Crippen LogP contribution in [-0.4, -0.2) is 23.1 Å². The molecule has 0 spiro atoms. The Hall–Kier alpha value is -2.36. The zero-order valence-electron chi connectivity index (χ0n) is 27.3. The minimum Gasteiger partial charge on any atom is -0.481 e. The highest BCUT2D eigenvalue weighted by Gasteiger charge is 2.14. The summed E-state index contributed by atoms with van der Waals surface area (Å²) in [6, 6.07) is 0. The molecule has 0 aliphatic rings. The van der Waals surface area contributed by atoms with Crippen LogP contribution in [0.5, 0.6) is 0 Å². The lowest BCUT2D eigenvalue weighted by Gasteiger charge is -2.18. The molecule has 0 aromatic heterocycles. The second-order valence-corrected chi connectivity index (χ2v) is 11.3. The van der Waals surface area contributed by atoms with Crippen molar-refractivity contribution in [3.05, 3.63) is 60.8 Å². The summed E-state index contributed by atoms with van der Waals surface area (Å²) in [6.45, 7) is 4.35. The fourth-order valence-corrected chi connectivity index (χ4v) is 4.74. The summed E-state index contributed by atoms with van der Waals surface area (Å²) < 4.78 is 5.86. The molecule has 0 bridgehead atoms. The van der Waals surface area contributed by atoms with Gasteiger partial charge in [0.2, 0.25) is 0 Å². The van der Waals surface area contributed by atoms with Crippen molar-refractivity contribution >= 4 is 11.9 Å². The summed E-state index contributed by atoms with van der Waals surface area (Å²) >= 11 is 0. The van der Waals surface area contributed by atoms with Crippen molar-refractivity contribution in [2.45, 2.75) is 168 Å². The van der Waals surface area contributed by atoms with Crippen molar-refractivity contribution < 1.29 is 19.4 Å². The Kier molecular flexibility index (Phi) is 31.3. The smallest absolute Gasteiger partial charge is 0.306 e. The van der Waals surface area contributed by atoms with E-state index in [2.05, 4.69) is 74.6 Å². The van der Waals surface area contributed by atoms with Gasteiger partial charge in [-0.15, -0.1) is 0 Å². The third-order valence-electron chi connectivity index (χ3n) is 7.25. The first kappa shape index (κ1) is 39.6. The molecular formula is C38H64O4. The molecule has 4 nitrogen and oxygen atoms in total. The van der Waals surface area contributed by atoms with Gasteiger partial charge < -0.3 is 9.84 Å². The molecule has 0 rings (SSSR count). The molecule has 4 heteroatoms. The van der Waals surface area contributed by atoms with E-state index in [4.69, 9.17) is 9.84 Å². The number of allylic oxidation sites excluding steroid dienone is 10. The van der Waals surface area contributed by atoms with Crippen molar-refractivity contribution in [2.75, 3.05) is 0 Å². The zero-order valence-corrected chi connectivity index (χ0v) is 27.3. The van der Waals surface area contributed by atoms with Crippen LogP contribution < -0.4 is 0 Å². The van der Waals surface area contributed by atoms with Gasteiger partial charge in [0, 0.05) is 12.8 Å². The predicted molar refractivity (Wildman–Crippen MR) is 181 cm³/mol. The topological polar surface area (TPSA) is 63.6 Å². The maximum Gasteiger partial charge on any atom is 0.306 e. The van der Waals surface area contributed by atoms with Crippen molar-refractivity contribution in [2.24, 2.45) is 0 Å². The highest BCUT2D eigenvalue weighted by Crippen LogP contribution is 2.17. The number of carboxylic acids is 1. The molecule has 0 aliphatic heterocycles. The second kappa shape index (κ2) is 33.1.